The number of hydrogen-bond acceptors (Lipinski definition) is 5. The highest BCUT2D eigenvalue weighted by atomic mass is 79.9. The van der Waals surface area contributed by atoms with Crippen molar-refractivity contribution in [3.05, 3.63) is 46.0 Å². The van der Waals surface area contributed by atoms with E-state index in [4.69, 9.17) is 9.84 Å². The SMILES string of the molecule is COc1ccc(Cn2cc(-c3nc(NC(=O)O)sc3Br)cn2)cc1. The lowest BCUT2D eigenvalue weighted by Gasteiger charge is -2.03. The molecule has 0 aliphatic carbocycles. The van der Waals surface area contributed by atoms with Gasteiger partial charge in [0.1, 0.15) is 11.4 Å². The third kappa shape index (κ3) is 3.74. The van der Waals surface area contributed by atoms with E-state index in [1.165, 1.54) is 11.3 Å². The molecule has 3 aromatic rings. The molecule has 0 fully saturated rings. The molecule has 0 bridgehead atoms. The Morgan fingerprint density at radius 1 is 1.42 bits per heavy atom. The summed E-state index contributed by atoms with van der Waals surface area (Å²) in [7, 11) is 1.63. The molecular weight excluding hydrogens is 396 g/mol. The van der Waals surface area contributed by atoms with E-state index >= 15 is 0 Å². The molecule has 1 amide bonds. The molecule has 1 aromatic carbocycles. The fourth-order valence-corrected chi connectivity index (χ4v) is 3.60. The zero-order valence-corrected chi connectivity index (χ0v) is 15.0. The highest BCUT2D eigenvalue weighted by Gasteiger charge is 2.14. The first kappa shape index (κ1) is 16.5. The van der Waals surface area contributed by atoms with E-state index in [2.05, 4.69) is 31.3 Å². The summed E-state index contributed by atoms with van der Waals surface area (Å²) >= 11 is 4.63. The second-order valence-corrected chi connectivity index (χ2v) is 7.16. The zero-order chi connectivity index (χ0) is 17.1. The number of anilines is 1. The number of rotatable bonds is 5. The number of carboxylic acid groups (broad SMARTS) is 1. The van der Waals surface area contributed by atoms with Gasteiger partial charge < -0.3 is 9.84 Å². The van der Waals surface area contributed by atoms with Crippen LogP contribution in [0.2, 0.25) is 0 Å². The van der Waals surface area contributed by atoms with Gasteiger partial charge >= 0.3 is 6.09 Å². The Bertz CT molecular complexity index is 860. The number of aromatic nitrogens is 3. The summed E-state index contributed by atoms with van der Waals surface area (Å²) in [6, 6.07) is 7.77. The van der Waals surface area contributed by atoms with Crippen LogP contribution < -0.4 is 10.1 Å². The first-order valence-electron chi connectivity index (χ1n) is 6.87. The van der Waals surface area contributed by atoms with Crippen LogP contribution in [0.4, 0.5) is 9.93 Å². The predicted molar refractivity (Wildman–Crippen MR) is 94.8 cm³/mol. The van der Waals surface area contributed by atoms with Crippen LogP contribution in [0.15, 0.2) is 40.4 Å². The second-order valence-electron chi connectivity index (χ2n) is 4.85. The van der Waals surface area contributed by atoms with Crippen LogP contribution in [0.25, 0.3) is 11.3 Å². The van der Waals surface area contributed by atoms with E-state index in [1.807, 2.05) is 30.5 Å². The standard InChI is InChI=1S/C15H13BrN4O3S/c1-23-11-4-2-9(3-5-11)7-20-8-10(6-17-20)12-13(16)24-14(18-12)19-15(21)22/h2-6,8H,7H2,1H3,(H,18,19)(H,21,22). The minimum Gasteiger partial charge on any atom is -0.497 e. The molecule has 3 rings (SSSR count). The normalized spacial score (nSPS) is 10.6. The molecule has 0 spiro atoms. The molecule has 2 N–H and O–H groups in total. The molecule has 2 aromatic heterocycles. The zero-order valence-electron chi connectivity index (χ0n) is 12.6. The van der Waals surface area contributed by atoms with E-state index in [9.17, 15) is 4.79 Å². The number of benzene rings is 1. The summed E-state index contributed by atoms with van der Waals surface area (Å²) in [5, 5.41) is 15.7. The maximum absolute atomic E-state index is 10.7. The Labute approximate surface area is 150 Å². The largest absolute Gasteiger partial charge is 0.497 e. The summed E-state index contributed by atoms with van der Waals surface area (Å²) in [4.78, 5) is 15.0. The number of ether oxygens (including phenoxy) is 1. The fraction of sp³-hybridized carbons (Fsp3) is 0.133. The Morgan fingerprint density at radius 2 is 2.17 bits per heavy atom. The number of nitrogens with one attached hydrogen (secondary N) is 1. The van der Waals surface area contributed by atoms with Crippen molar-refractivity contribution in [2.45, 2.75) is 6.54 Å². The Balaban J connectivity index is 1.77. The number of nitrogens with zero attached hydrogens (tertiary/aromatic N) is 3. The van der Waals surface area contributed by atoms with Gasteiger partial charge in [0, 0.05) is 11.8 Å². The summed E-state index contributed by atoms with van der Waals surface area (Å²) in [5.74, 6) is 0.810. The quantitative estimate of drug-likeness (QED) is 0.667. The third-order valence-corrected chi connectivity index (χ3v) is 4.83. The minimum absolute atomic E-state index is 0.312. The van der Waals surface area contributed by atoms with Gasteiger partial charge in [0.15, 0.2) is 5.13 Å². The van der Waals surface area contributed by atoms with Crippen molar-refractivity contribution in [1.29, 1.82) is 0 Å². The molecule has 0 saturated heterocycles. The van der Waals surface area contributed by atoms with E-state index < -0.39 is 6.09 Å². The number of carbonyl (C=O) groups is 1. The van der Waals surface area contributed by atoms with Gasteiger partial charge in [-0.2, -0.15) is 5.10 Å². The van der Waals surface area contributed by atoms with Crippen LogP contribution in [-0.4, -0.2) is 33.1 Å². The van der Waals surface area contributed by atoms with E-state index in [0.29, 0.717) is 17.4 Å². The molecule has 9 heteroatoms. The molecule has 24 heavy (non-hydrogen) atoms. The Kier molecular flexibility index (Phi) is 4.81. The Morgan fingerprint density at radius 3 is 2.83 bits per heavy atom. The van der Waals surface area contributed by atoms with Crippen molar-refractivity contribution < 1.29 is 14.6 Å². The van der Waals surface area contributed by atoms with Gasteiger partial charge in [0.25, 0.3) is 0 Å². The van der Waals surface area contributed by atoms with Crippen LogP contribution in [-0.2, 0) is 6.54 Å². The summed E-state index contributed by atoms with van der Waals surface area (Å²) in [5.41, 5.74) is 2.56. The van der Waals surface area contributed by atoms with Gasteiger partial charge in [0.05, 0.1) is 23.6 Å². The lowest BCUT2D eigenvalue weighted by atomic mass is 10.2. The van der Waals surface area contributed by atoms with Crippen molar-refractivity contribution in [1.82, 2.24) is 14.8 Å². The molecule has 0 aliphatic rings. The van der Waals surface area contributed by atoms with E-state index in [-0.39, 0.29) is 0 Å². The van der Waals surface area contributed by atoms with Gasteiger partial charge in [-0.1, -0.05) is 23.5 Å². The summed E-state index contributed by atoms with van der Waals surface area (Å²) in [6.07, 6.45) is 2.43. The average molecular weight is 409 g/mol. The number of amides is 1. The van der Waals surface area contributed by atoms with E-state index in [0.717, 1.165) is 20.7 Å². The monoisotopic (exact) mass is 408 g/mol. The van der Waals surface area contributed by atoms with Gasteiger partial charge in [-0.25, -0.2) is 9.78 Å². The van der Waals surface area contributed by atoms with Crippen molar-refractivity contribution in [3.8, 4) is 17.0 Å². The van der Waals surface area contributed by atoms with Gasteiger partial charge in [-0.15, -0.1) is 0 Å². The van der Waals surface area contributed by atoms with Crippen LogP contribution in [0.1, 0.15) is 5.56 Å². The topological polar surface area (TPSA) is 89.3 Å². The number of thiazole rings is 1. The maximum Gasteiger partial charge on any atom is 0.410 e. The van der Waals surface area contributed by atoms with Crippen molar-refractivity contribution >= 4 is 38.5 Å². The first-order chi connectivity index (χ1) is 11.5. The van der Waals surface area contributed by atoms with Crippen LogP contribution in [0.3, 0.4) is 0 Å². The second kappa shape index (κ2) is 7.02. The molecule has 0 aliphatic heterocycles. The number of methoxy groups -OCH3 is 1. The number of halogens is 1. The lowest BCUT2D eigenvalue weighted by molar-refractivity contribution is 0.209. The summed E-state index contributed by atoms with van der Waals surface area (Å²) < 4.78 is 7.69. The minimum atomic E-state index is -1.14. The molecular formula is C15H13BrN4O3S. The lowest BCUT2D eigenvalue weighted by Crippen LogP contribution is -2.06. The van der Waals surface area contributed by atoms with Crippen molar-refractivity contribution in [2.24, 2.45) is 0 Å². The molecule has 124 valence electrons. The van der Waals surface area contributed by atoms with E-state index in [1.54, 1.807) is 18.0 Å². The molecule has 7 nitrogen and oxygen atoms in total. The van der Waals surface area contributed by atoms with Gasteiger partial charge in [-0.3, -0.25) is 10.00 Å². The fourth-order valence-electron chi connectivity index (χ4n) is 2.11. The van der Waals surface area contributed by atoms with Crippen LogP contribution in [0.5, 0.6) is 5.75 Å². The highest BCUT2D eigenvalue weighted by Crippen LogP contribution is 2.35. The molecule has 0 atom stereocenters. The van der Waals surface area contributed by atoms with Crippen LogP contribution >= 0.6 is 27.3 Å². The van der Waals surface area contributed by atoms with Crippen molar-refractivity contribution in [2.75, 3.05) is 12.4 Å². The maximum atomic E-state index is 10.7. The van der Waals surface area contributed by atoms with Crippen molar-refractivity contribution in [3.63, 3.8) is 0 Å². The molecule has 2 heterocycles. The van der Waals surface area contributed by atoms with Crippen LogP contribution in [0, 0.1) is 0 Å². The smallest absolute Gasteiger partial charge is 0.410 e. The molecule has 0 radical (unpaired) electrons. The number of hydrogen-bond donors (Lipinski definition) is 2. The first-order valence-corrected chi connectivity index (χ1v) is 8.48. The average Bonchev–Trinajstić information content (AvgIpc) is 3.14. The summed E-state index contributed by atoms with van der Waals surface area (Å²) in [6.45, 7) is 0.617. The van der Waals surface area contributed by atoms with Gasteiger partial charge in [-0.05, 0) is 33.6 Å². The predicted octanol–water partition coefficient (Wildman–Crippen LogP) is 3.92. The molecule has 0 unspecified atom stereocenters. The van der Waals surface area contributed by atoms with Gasteiger partial charge in [0.2, 0.25) is 0 Å². The molecule has 0 saturated carbocycles. The highest BCUT2D eigenvalue weighted by molar-refractivity contribution is 9.11. The Hall–Kier alpha value is -2.39. The third-order valence-electron chi connectivity index (χ3n) is 3.21.